The van der Waals surface area contributed by atoms with E-state index in [-0.39, 0.29) is 0 Å². The predicted molar refractivity (Wildman–Crippen MR) is 65.0 cm³/mol. The van der Waals surface area contributed by atoms with Gasteiger partial charge in [0.25, 0.3) is 0 Å². The molecule has 2 N–H and O–H groups in total. The van der Waals surface area contributed by atoms with Gasteiger partial charge in [0, 0.05) is 0 Å². The zero-order chi connectivity index (χ0) is 11.2. The van der Waals surface area contributed by atoms with E-state index in [1.54, 1.807) is 0 Å². The monoisotopic (exact) mass is 222 g/mol. The maximum Gasteiger partial charge on any atom is 0.118 e. The molecule has 90 valence electrons. The van der Waals surface area contributed by atoms with Crippen molar-refractivity contribution in [3.63, 3.8) is 0 Å². The molecule has 1 aromatic heterocycles. The Bertz CT molecular complexity index is 301. The molecule has 0 saturated carbocycles. The lowest BCUT2D eigenvalue weighted by atomic mass is 10.1. The van der Waals surface area contributed by atoms with Gasteiger partial charge in [-0.05, 0) is 38.1 Å². The summed E-state index contributed by atoms with van der Waals surface area (Å²) in [7, 11) is 0. The number of nitrogens with zero attached hydrogens (tertiary/aromatic N) is 1. The molecule has 1 aliphatic rings. The van der Waals surface area contributed by atoms with Gasteiger partial charge in [-0.15, -0.1) is 0 Å². The summed E-state index contributed by atoms with van der Waals surface area (Å²) in [6, 6.07) is 4.04. The van der Waals surface area contributed by atoms with Gasteiger partial charge in [-0.3, -0.25) is 4.90 Å². The fourth-order valence-corrected chi connectivity index (χ4v) is 2.31. The van der Waals surface area contributed by atoms with Crippen LogP contribution in [0.5, 0.6) is 0 Å². The second-order valence-corrected chi connectivity index (χ2v) is 4.62. The third-order valence-electron chi connectivity index (χ3n) is 3.25. The molecule has 0 aromatic carbocycles. The van der Waals surface area contributed by atoms with Gasteiger partial charge in [0.1, 0.15) is 11.5 Å². The van der Waals surface area contributed by atoms with Crippen molar-refractivity contribution in [3.05, 3.63) is 23.7 Å². The second kappa shape index (κ2) is 6.06. The highest BCUT2D eigenvalue weighted by Gasteiger charge is 2.10. The predicted octanol–water partition coefficient (Wildman–Crippen LogP) is 2.50. The highest BCUT2D eigenvalue weighted by Crippen LogP contribution is 2.15. The maximum atomic E-state index is 5.64. The zero-order valence-electron chi connectivity index (χ0n) is 9.95. The van der Waals surface area contributed by atoms with Crippen molar-refractivity contribution in [2.24, 2.45) is 5.73 Å². The number of rotatable bonds is 3. The van der Waals surface area contributed by atoms with Gasteiger partial charge in [0.2, 0.25) is 0 Å². The van der Waals surface area contributed by atoms with Gasteiger partial charge in [0.15, 0.2) is 0 Å². The molecule has 3 nitrogen and oxygen atoms in total. The lowest BCUT2D eigenvalue weighted by molar-refractivity contribution is 0.220. The minimum absolute atomic E-state index is 0.500. The summed E-state index contributed by atoms with van der Waals surface area (Å²) in [4.78, 5) is 2.50. The summed E-state index contributed by atoms with van der Waals surface area (Å²) >= 11 is 0. The molecule has 0 unspecified atom stereocenters. The second-order valence-electron chi connectivity index (χ2n) is 4.62. The maximum absolute atomic E-state index is 5.64. The highest BCUT2D eigenvalue weighted by molar-refractivity contribution is 5.06. The normalized spacial score (nSPS) is 19.3. The van der Waals surface area contributed by atoms with Crippen LogP contribution in [0, 0.1) is 0 Å². The number of nitrogens with two attached hydrogens (primary N) is 1. The van der Waals surface area contributed by atoms with Gasteiger partial charge in [-0.2, -0.15) is 0 Å². The first-order valence-electron chi connectivity index (χ1n) is 6.38. The molecule has 1 aliphatic heterocycles. The first-order chi connectivity index (χ1) is 7.88. The van der Waals surface area contributed by atoms with Crippen molar-refractivity contribution in [1.82, 2.24) is 4.90 Å². The Kier molecular flexibility index (Phi) is 4.43. The summed E-state index contributed by atoms with van der Waals surface area (Å²) in [6.07, 6.45) is 6.81. The number of furan rings is 1. The molecule has 3 heteroatoms. The van der Waals surface area contributed by atoms with Crippen molar-refractivity contribution in [2.45, 2.75) is 45.2 Å². The van der Waals surface area contributed by atoms with Gasteiger partial charge >= 0.3 is 0 Å². The van der Waals surface area contributed by atoms with E-state index in [9.17, 15) is 0 Å². The molecule has 0 spiro atoms. The van der Waals surface area contributed by atoms with Crippen LogP contribution in [0.25, 0.3) is 0 Å². The Morgan fingerprint density at radius 2 is 1.62 bits per heavy atom. The largest absolute Gasteiger partial charge is 0.463 e. The summed E-state index contributed by atoms with van der Waals surface area (Å²) < 4.78 is 5.64. The van der Waals surface area contributed by atoms with Crippen LogP contribution in [0.15, 0.2) is 16.5 Å². The molecule has 0 aliphatic carbocycles. The topological polar surface area (TPSA) is 42.4 Å². The van der Waals surface area contributed by atoms with E-state index in [4.69, 9.17) is 10.2 Å². The lowest BCUT2D eigenvalue weighted by Crippen LogP contribution is -2.26. The van der Waals surface area contributed by atoms with Crippen LogP contribution in [-0.2, 0) is 13.1 Å². The van der Waals surface area contributed by atoms with Crippen molar-refractivity contribution in [2.75, 3.05) is 13.1 Å². The molecular weight excluding hydrogens is 200 g/mol. The van der Waals surface area contributed by atoms with Crippen LogP contribution in [0.1, 0.15) is 43.6 Å². The third-order valence-corrected chi connectivity index (χ3v) is 3.25. The molecule has 0 bridgehead atoms. The number of hydrogen-bond donors (Lipinski definition) is 1. The molecule has 0 amide bonds. The van der Waals surface area contributed by atoms with Crippen molar-refractivity contribution in [1.29, 1.82) is 0 Å². The molecular formula is C13H22N2O. The van der Waals surface area contributed by atoms with Gasteiger partial charge in [-0.1, -0.05) is 19.3 Å². The fourth-order valence-electron chi connectivity index (χ4n) is 2.31. The quantitative estimate of drug-likeness (QED) is 0.854. The van der Waals surface area contributed by atoms with Crippen molar-refractivity contribution >= 4 is 0 Å². The molecule has 1 saturated heterocycles. The Morgan fingerprint density at radius 1 is 1.00 bits per heavy atom. The molecule has 2 rings (SSSR count). The summed E-state index contributed by atoms with van der Waals surface area (Å²) in [5.74, 6) is 1.95. The molecule has 0 atom stereocenters. The number of hydrogen-bond acceptors (Lipinski definition) is 3. The molecule has 2 heterocycles. The van der Waals surface area contributed by atoms with Crippen LogP contribution in [0.3, 0.4) is 0 Å². The lowest BCUT2D eigenvalue weighted by Gasteiger charge is -2.23. The van der Waals surface area contributed by atoms with Gasteiger partial charge in [-0.25, -0.2) is 0 Å². The SMILES string of the molecule is NCc1ccc(CN2CCCCCCC2)o1. The van der Waals surface area contributed by atoms with E-state index in [1.165, 1.54) is 45.2 Å². The summed E-state index contributed by atoms with van der Waals surface area (Å²) in [5.41, 5.74) is 5.53. The van der Waals surface area contributed by atoms with Crippen molar-refractivity contribution in [3.8, 4) is 0 Å². The third kappa shape index (κ3) is 3.35. The van der Waals surface area contributed by atoms with Crippen LogP contribution in [0.2, 0.25) is 0 Å². The van der Waals surface area contributed by atoms with Crippen LogP contribution in [0.4, 0.5) is 0 Å². The average molecular weight is 222 g/mol. The molecule has 1 aromatic rings. The molecule has 16 heavy (non-hydrogen) atoms. The Morgan fingerprint density at radius 3 is 2.25 bits per heavy atom. The van der Waals surface area contributed by atoms with E-state index in [1.807, 2.05) is 6.07 Å². The minimum atomic E-state index is 0.500. The fraction of sp³-hybridized carbons (Fsp3) is 0.692. The molecule has 0 radical (unpaired) electrons. The van der Waals surface area contributed by atoms with Gasteiger partial charge in [0.05, 0.1) is 13.1 Å². The van der Waals surface area contributed by atoms with Gasteiger partial charge < -0.3 is 10.2 Å². The van der Waals surface area contributed by atoms with E-state index < -0.39 is 0 Å². The first-order valence-corrected chi connectivity index (χ1v) is 6.38. The minimum Gasteiger partial charge on any atom is -0.463 e. The van der Waals surface area contributed by atoms with E-state index >= 15 is 0 Å². The van der Waals surface area contributed by atoms with Crippen LogP contribution in [-0.4, -0.2) is 18.0 Å². The van der Waals surface area contributed by atoms with Crippen molar-refractivity contribution < 1.29 is 4.42 Å². The zero-order valence-corrected chi connectivity index (χ0v) is 9.95. The summed E-state index contributed by atoms with van der Waals surface area (Å²) in [6.45, 7) is 3.86. The highest BCUT2D eigenvalue weighted by atomic mass is 16.3. The Balaban J connectivity index is 1.86. The number of likely N-dealkylation sites (tertiary alicyclic amines) is 1. The van der Waals surface area contributed by atoms with E-state index in [0.29, 0.717) is 6.54 Å². The smallest absolute Gasteiger partial charge is 0.118 e. The summed E-state index contributed by atoms with van der Waals surface area (Å²) in [5, 5.41) is 0. The van der Waals surface area contributed by atoms with Crippen LogP contribution >= 0.6 is 0 Å². The standard InChI is InChI=1S/C13H22N2O/c14-10-12-6-7-13(16-12)11-15-8-4-2-1-3-5-9-15/h6-7H,1-5,8-11,14H2. The van der Waals surface area contributed by atoms with E-state index in [2.05, 4.69) is 11.0 Å². The Hall–Kier alpha value is -0.800. The first kappa shape index (κ1) is 11.7. The van der Waals surface area contributed by atoms with Crippen LogP contribution < -0.4 is 5.73 Å². The molecule has 1 fully saturated rings. The average Bonchev–Trinajstić information content (AvgIpc) is 2.69. The van der Waals surface area contributed by atoms with E-state index in [0.717, 1.165) is 18.1 Å². The Labute approximate surface area is 97.6 Å².